The second kappa shape index (κ2) is 5.31. The van der Waals surface area contributed by atoms with Crippen molar-refractivity contribution >= 4 is 0 Å². The van der Waals surface area contributed by atoms with Crippen LogP contribution in [0, 0.1) is 5.41 Å². The fourth-order valence-corrected chi connectivity index (χ4v) is 2.98. The summed E-state index contributed by atoms with van der Waals surface area (Å²) in [4.78, 5) is 0. The molecule has 1 aliphatic carbocycles. The van der Waals surface area contributed by atoms with Crippen LogP contribution in [0.1, 0.15) is 51.9 Å². The van der Waals surface area contributed by atoms with Gasteiger partial charge < -0.3 is 10.1 Å². The van der Waals surface area contributed by atoms with E-state index in [1.807, 2.05) is 0 Å². The van der Waals surface area contributed by atoms with Crippen molar-refractivity contribution in [2.75, 3.05) is 19.8 Å². The number of nitrogens with one attached hydrogen (secondary N) is 1. The molecule has 0 amide bonds. The van der Waals surface area contributed by atoms with Gasteiger partial charge in [-0.1, -0.05) is 19.8 Å². The quantitative estimate of drug-likeness (QED) is 0.755. The number of rotatable bonds is 5. The zero-order valence-corrected chi connectivity index (χ0v) is 10.1. The Labute approximate surface area is 93.8 Å². The molecule has 1 saturated heterocycles. The number of ether oxygens (including phenoxy) is 1. The van der Waals surface area contributed by atoms with Crippen molar-refractivity contribution in [3.63, 3.8) is 0 Å². The highest BCUT2D eigenvalue weighted by Gasteiger charge is 2.36. The lowest BCUT2D eigenvalue weighted by Crippen LogP contribution is -2.46. The molecule has 0 bridgehead atoms. The van der Waals surface area contributed by atoms with Crippen LogP contribution >= 0.6 is 0 Å². The molecule has 1 N–H and O–H groups in total. The summed E-state index contributed by atoms with van der Waals surface area (Å²) in [6.07, 6.45) is 9.63. The molecule has 2 nitrogen and oxygen atoms in total. The fraction of sp³-hybridized carbons (Fsp3) is 1.00. The Morgan fingerprint density at radius 3 is 2.73 bits per heavy atom. The first-order valence-corrected chi connectivity index (χ1v) is 6.66. The van der Waals surface area contributed by atoms with Gasteiger partial charge in [0.1, 0.15) is 0 Å². The molecule has 0 aromatic carbocycles. The lowest BCUT2D eigenvalue weighted by Gasteiger charge is -2.43. The third-order valence-corrected chi connectivity index (χ3v) is 4.12. The van der Waals surface area contributed by atoms with Gasteiger partial charge in [0.15, 0.2) is 0 Å². The molecule has 1 unspecified atom stereocenters. The highest BCUT2D eigenvalue weighted by molar-refractivity contribution is 4.90. The smallest absolute Gasteiger partial charge is 0.0619 e. The highest BCUT2D eigenvalue weighted by atomic mass is 16.5. The maximum absolute atomic E-state index is 5.50. The van der Waals surface area contributed by atoms with Crippen LogP contribution in [0.25, 0.3) is 0 Å². The molecule has 1 saturated carbocycles. The summed E-state index contributed by atoms with van der Waals surface area (Å²) in [5, 5.41) is 3.72. The fourth-order valence-electron chi connectivity index (χ4n) is 2.98. The molecule has 2 heteroatoms. The molecule has 0 radical (unpaired) electrons. The highest BCUT2D eigenvalue weighted by Crippen LogP contribution is 2.44. The van der Waals surface area contributed by atoms with E-state index in [-0.39, 0.29) is 0 Å². The molecule has 1 atom stereocenters. The average molecular weight is 211 g/mol. The van der Waals surface area contributed by atoms with E-state index in [0.717, 1.165) is 13.2 Å². The summed E-state index contributed by atoms with van der Waals surface area (Å²) in [5.74, 6) is 0. The Hall–Kier alpha value is -0.0800. The summed E-state index contributed by atoms with van der Waals surface area (Å²) >= 11 is 0. The van der Waals surface area contributed by atoms with Crippen molar-refractivity contribution in [2.24, 2.45) is 5.41 Å². The number of hydrogen-bond acceptors (Lipinski definition) is 2. The third kappa shape index (κ3) is 2.94. The molecule has 2 rings (SSSR count). The first-order chi connectivity index (χ1) is 7.35. The van der Waals surface area contributed by atoms with E-state index in [0.29, 0.717) is 11.5 Å². The predicted molar refractivity (Wildman–Crippen MR) is 63.0 cm³/mol. The van der Waals surface area contributed by atoms with Crippen LogP contribution in [0.3, 0.4) is 0 Å². The molecular formula is C13H25NO. The molecule has 1 heterocycles. The molecule has 2 fully saturated rings. The Morgan fingerprint density at radius 1 is 1.33 bits per heavy atom. The van der Waals surface area contributed by atoms with Gasteiger partial charge in [0.25, 0.3) is 0 Å². The first-order valence-electron chi connectivity index (χ1n) is 6.66. The summed E-state index contributed by atoms with van der Waals surface area (Å²) in [5.41, 5.74) is 0.659. The van der Waals surface area contributed by atoms with Crippen LogP contribution in [-0.2, 0) is 4.74 Å². The van der Waals surface area contributed by atoms with E-state index in [4.69, 9.17) is 4.74 Å². The minimum atomic E-state index is 0.632. The Kier molecular flexibility index (Phi) is 4.04. The zero-order chi connectivity index (χ0) is 10.6. The van der Waals surface area contributed by atoms with Crippen molar-refractivity contribution in [3.05, 3.63) is 0 Å². The SMILES string of the molecule is CCCC1(CNC2CCCOC2)CCC1. The van der Waals surface area contributed by atoms with Crippen molar-refractivity contribution in [3.8, 4) is 0 Å². The van der Waals surface area contributed by atoms with Gasteiger partial charge in [-0.2, -0.15) is 0 Å². The maximum atomic E-state index is 5.50. The monoisotopic (exact) mass is 211 g/mol. The lowest BCUT2D eigenvalue weighted by molar-refractivity contribution is 0.0530. The van der Waals surface area contributed by atoms with Crippen molar-refractivity contribution < 1.29 is 4.74 Å². The average Bonchev–Trinajstić information content (AvgIpc) is 2.23. The normalized spacial score (nSPS) is 29.8. The van der Waals surface area contributed by atoms with Gasteiger partial charge in [0.05, 0.1) is 6.61 Å². The minimum absolute atomic E-state index is 0.632. The third-order valence-electron chi connectivity index (χ3n) is 4.12. The van der Waals surface area contributed by atoms with Crippen LogP contribution in [0.5, 0.6) is 0 Å². The van der Waals surface area contributed by atoms with Gasteiger partial charge >= 0.3 is 0 Å². The summed E-state index contributed by atoms with van der Waals surface area (Å²) in [6.45, 7) is 5.44. The summed E-state index contributed by atoms with van der Waals surface area (Å²) in [7, 11) is 0. The Bertz CT molecular complexity index is 183. The topological polar surface area (TPSA) is 21.3 Å². The molecule has 1 aliphatic heterocycles. The summed E-state index contributed by atoms with van der Waals surface area (Å²) in [6, 6.07) is 0.632. The van der Waals surface area contributed by atoms with Gasteiger partial charge in [0, 0.05) is 19.2 Å². The molecule has 0 spiro atoms. The van der Waals surface area contributed by atoms with Crippen LogP contribution in [0.4, 0.5) is 0 Å². The van der Waals surface area contributed by atoms with Crippen molar-refractivity contribution in [2.45, 2.75) is 57.9 Å². The summed E-state index contributed by atoms with van der Waals surface area (Å²) < 4.78 is 5.50. The molecule has 88 valence electrons. The van der Waals surface area contributed by atoms with Crippen molar-refractivity contribution in [1.82, 2.24) is 5.32 Å². The van der Waals surface area contributed by atoms with Gasteiger partial charge in [-0.05, 0) is 37.5 Å². The van der Waals surface area contributed by atoms with Gasteiger partial charge in [-0.15, -0.1) is 0 Å². The van der Waals surface area contributed by atoms with Gasteiger partial charge in [0.2, 0.25) is 0 Å². The van der Waals surface area contributed by atoms with Gasteiger partial charge in [-0.25, -0.2) is 0 Å². The van der Waals surface area contributed by atoms with E-state index in [1.54, 1.807) is 0 Å². The van der Waals surface area contributed by atoms with Crippen LogP contribution in [-0.4, -0.2) is 25.8 Å². The number of hydrogen-bond donors (Lipinski definition) is 1. The second-order valence-corrected chi connectivity index (χ2v) is 5.40. The standard InChI is InChI=1S/C13H25NO/c1-2-6-13(7-4-8-13)11-14-12-5-3-9-15-10-12/h12,14H,2-11H2,1H3. The van der Waals surface area contributed by atoms with E-state index in [9.17, 15) is 0 Å². The van der Waals surface area contributed by atoms with E-state index < -0.39 is 0 Å². The van der Waals surface area contributed by atoms with E-state index >= 15 is 0 Å². The van der Waals surface area contributed by atoms with Crippen LogP contribution in [0.2, 0.25) is 0 Å². The van der Waals surface area contributed by atoms with Crippen LogP contribution in [0.15, 0.2) is 0 Å². The maximum Gasteiger partial charge on any atom is 0.0619 e. The molecule has 15 heavy (non-hydrogen) atoms. The van der Waals surface area contributed by atoms with E-state index in [2.05, 4.69) is 12.2 Å². The Morgan fingerprint density at radius 2 is 2.20 bits per heavy atom. The van der Waals surface area contributed by atoms with Crippen LogP contribution < -0.4 is 5.32 Å². The van der Waals surface area contributed by atoms with Crippen molar-refractivity contribution in [1.29, 1.82) is 0 Å². The largest absolute Gasteiger partial charge is 0.380 e. The Balaban J connectivity index is 1.70. The van der Waals surface area contributed by atoms with E-state index in [1.165, 1.54) is 51.5 Å². The molecular weight excluding hydrogens is 186 g/mol. The molecule has 2 aliphatic rings. The first kappa shape index (κ1) is 11.4. The zero-order valence-electron chi connectivity index (χ0n) is 10.1. The second-order valence-electron chi connectivity index (χ2n) is 5.40. The predicted octanol–water partition coefficient (Wildman–Crippen LogP) is 2.73. The molecule has 0 aromatic heterocycles. The molecule has 0 aromatic rings. The lowest BCUT2D eigenvalue weighted by atomic mass is 9.66. The minimum Gasteiger partial charge on any atom is -0.380 e. The van der Waals surface area contributed by atoms with Gasteiger partial charge in [-0.3, -0.25) is 0 Å².